The van der Waals surface area contributed by atoms with E-state index in [0.717, 1.165) is 11.1 Å². The van der Waals surface area contributed by atoms with E-state index in [-0.39, 0.29) is 5.91 Å². The van der Waals surface area contributed by atoms with Gasteiger partial charge >= 0.3 is 0 Å². The molecule has 0 radical (unpaired) electrons. The molecule has 0 saturated carbocycles. The van der Waals surface area contributed by atoms with Gasteiger partial charge in [-0.2, -0.15) is 5.10 Å². The summed E-state index contributed by atoms with van der Waals surface area (Å²) in [7, 11) is 0. The van der Waals surface area contributed by atoms with E-state index >= 15 is 0 Å². The topological polar surface area (TPSA) is 83.8 Å². The van der Waals surface area contributed by atoms with Crippen LogP contribution in [-0.2, 0) is 17.8 Å². The van der Waals surface area contributed by atoms with Gasteiger partial charge in [0.15, 0.2) is 0 Å². The van der Waals surface area contributed by atoms with Crippen molar-refractivity contribution in [2.45, 2.75) is 13.0 Å². The second kappa shape index (κ2) is 5.16. The summed E-state index contributed by atoms with van der Waals surface area (Å²) in [5.74, 6) is -0.0307. The van der Waals surface area contributed by atoms with E-state index < -0.39 is 0 Å². The monoisotopic (exact) mass is 230 g/mol. The highest BCUT2D eigenvalue weighted by Gasteiger charge is 2.03. The van der Waals surface area contributed by atoms with Gasteiger partial charge in [-0.1, -0.05) is 12.1 Å². The predicted octanol–water partition coefficient (Wildman–Crippen LogP) is 0.851. The number of aromatic amines is 1. The maximum Gasteiger partial charge on any atom is 0.224 e. The molecule has 1 heterocycles. The fraction of sp³-hybridized carbons (Fsp3) is 0.167. The van der Waals surface area contributed by atoms with Crippen LogP contribution in [0.3, 0.4) is 0 Å². The molecule has 0 saturated heterocycles. The fourth-order valence-corrected chi connectivity index (χ4v) is 1.53. The molecule has 1 aromatic heterocycles. The summed E-state index contributed by atoms with van der Waals surface area (Å²) >= 11 is 0. The zero-order chi connectivity index (χ0) is 12.1. The van der Waals surface area contributed by atoms with E-state index in [1.165, 1.54) is 0 Å². The maximum absolute atomic E-state index is 11.6. The molecule has 1 amide bonds. The van der Waals surface area contributed by atoms with Gasteiger partial charge in [0.25, 0.3) is 0 Å². The second-order valence-electron chi connectivity index (χ2n) is 3.81. The highest BCUT2D eigenvalue weighted by atomic mass is 16.1. The largest absolute Gasteiger partial charge is 0.399 e. The Hall–Kier alpha value is -2.30. The summed E-state index contributed by atoms with van der Waals surface area (Å²) in [5.41, 5.74) is 8.17. The number of benzene rings is 1. The van der Waals surface area contributed by atoms with Gasteiger partial charge in [-0.25, -0.2) is 0 Å². The number of hydrogen-bond acceptors (Lipinski definition) is 3. The zero-order valence-electron chi connectivity index (χ0n) is 9.31. The Morgan fingerprint density at radius 1 is 1.41 bits per heavy atom. The van der Waals surface area contributed by atoms with Gasteiger partial charge in [0.1, 0.15) is 0 Å². The number of nitrogens with zero attached hydrogens (tertiary/aromatic N) is 1. The zero-order valence-corrected chi connectivity index (χ0v) is 9.31. The standard InChI is InChI=1S/C12H14N4O/c13-11-3-1-2-9(4-11)5-12(17)14-6-10-7-15-16-8-10/h1-4,7-8H,5-6,13H2,(H,14,17)(H,15,16). The average molecular weight is 230 g/mol. The molecule has 0 atom stereocenters. The lowest BCUT2D eigenvalue weighted by atomic mass is 10.1. The molecule has 0 aliphatic carbocycles. The summed E-state index contributed by atoms with van der Waals surface area (Å²) in [6, 6.07) is 7.33. The molecule has 1 aromatic carbocycles. The van der Waals surface area contributed by atoms with Crippen molar-refractivity contribution in [3.8, 4) is 0 Å². The molecule has 0 spiro atoms. The first-order valence-electron chi connectivity index (χ1n) is 5.33. The molecular weight excluding hydrogens is 216 g/mol. The van der Waals surface area contributed by atoms with Crippen LogP contribution in [0.5, 0.6) is 0 Å². The number of H-pyrrole nitrogens is 1. The summed E-state index contributed by atoms with van der Waals surface area (Å²) in [5, 5.41) is 9.31. The van der Waals surface area contributed by atoms with Crippen LogP contribution in [-0.4, -0.2) is 16.1 Å². The van der Waals surface area contributed by atoms with Crippen LogP contribution in [0.4, 0.5) is 5.69 Å². The van der Waals surface area contributed by atoms with Gasteiger partial charge in [0.2, 0.25) is 5.91 Å². The first-order chi connectivity index (χ1) is 8.24. The number of nitrogen functional groups attached to an aromatic ring is 1. The van der Waals surface area contributed by atoms with Crippen LogP contribution < -0.4 is 11.1 Å². The quantitative estimate of drug-likeness (QED) is 0.681. The highest BCUT2D eigenvalue weighted by Crippen LogP contribution is 2.07. The van der Waals surface area contributed by atoms with Gasteiger partial charge in [-0.15, -0.1) is 0 Å². The molecule has 0 bridgehead atoms. The molecule has 0 aliphatic rings. The maximum atomic E-state index is 11.6. The number of amides is 1. The van der Waals surface area contributed by atoms with Gasteiger partial charge in [0, 0.05) is 24.0 Å². The van der Waals surface area contributed by atoms with Crippen molar-refractivity contribution in [2.24, 2.45) is 0 Å². The number of nitrogens with one attached hydrogen (secondary N) is 2. The Morgan fingerprint density at radius 2 is 2.29 bits per heavy atom. The van der Waals surface area contributed by atoms with Crippen LogP contribution in [0.25, 0.3) is 0 Å². The minimum absolute atomic E-state index is 0.0307. The van der Waals surface area contributed by atoms with E-state index in [9.17, 15) is 4.79 Å². The molecular formula is C12H14N4O. The lowest BCUT2D eigenvalue weighted by molar-refractivity contribution is -0.120. The van der Waals surface area contributed by atoms with Crippen LogP contribution in [0.15, 0.2) is 36.7 Å². The van der Waals surface area contributed by atoms with Crippen molar-refractivity contribution in [3.63, 3.8) is 0 Å². The van der Waals surface area contributed by atoms with Crippen molar-refractivity contribution in [2.75, 3.05) is 5.73 Å². The van der Waals surface area contributed by atoms with E-state index in [1.807, 2.05) is 12.1 Å². The normalized spacial score (nSPS) is 10.1. The molecule has 0 fully saturated rings. The third kappa shape index (κ3) is 3.34. The van der Waals surface area contributed by atoms with Crippen LogP contribution in [0, 0.1) is 0 Å². The number of aromatic nitrogens is 2. The molecule has 88 valence electrons. The summed E-state index contributed by atoms with van der Waals surface area (Å²) in [6.45, 7) is 0.484. The number of carbonyl (C=O) groups excluding carboxylic acids is 1. The number of carbonyl (C=O) groups is 1. The Balaban J connectivity index is 1.85. The van der Waals surface area contributed by atoms with Crippen LogP contribution >= 0.6 is 0 Å². The Labute approximate surface area is 99.0 Å². The smallest absolute Gasteiger partial charge is 0.224 e. The first kappa shape index (κ1) is 11.2. The predicted molar refractivity (Wildman–Crippen MR) is 65.0 cm³/mol. The highest BCUT2D eigenvalue weighted by molar-refractivity contribution is 5.78. The lowest BCUT2D eigenvalue weighted by Crippen LogP contribution is -2.24. The Morgan fingerprint density at radius 3 is 3.00 bits per heavy atom. The SMILES string of the molecule is Nc1cccc(CC(=O)NCc2cn[nH]c2)c1. The first-order valence-corrected chi connectivity index (χ1v) is 5.33. The van der Waals surface area contributed by atoms with Gasteiger partial charge in [0.05, 0.1) is 12.6 Å². The van der Waals surface area contributed by atoms with Gasteiger partial charge < -0.3 is 11.1 Å². The molecule has 4 N–H and O–H groups in total. The van der Waals surface area contributed by atoms with Crippen molar-refractivity contribution in [1.29, 1.82) is 0 Å². The van der Waals surface area contributed by atoms with E-state index in [1.54, 1.807) is 24.5 Å². The van der Waals surface area contributed by atoms with Crippen molar-refractivity contribution >= 4 is 11.6 Å². The van der Waals surface area contributed by atoms with E-state index in [0.29, 0.717) is 18.7 Å². The van der Waals surface area contributed by atoms with Gasteiger partial charge in [-0.05, 0) is 17.7 Å². The Kier molecular flexibility index (Phi) is 3.40. The second-order valence-corrected chi connectivity index (χ2v) is 3.81. The summed E-state index contributed by atoms with van der Waals surface area (Å²) in [6.07, 6.45) is 3.77. The molecule has 2 aromatic rings. The third-order valence-corrected chi connectivity index (χ3v) is 2.36. The number of hydrogen-bond donors (Lipinski definition) is 3. The van der Waals surface area contributed by atoms with Crippen molar-refractivity contribution in [3.05, 3.63) is 47.8 Å². The third-order valence-electron chi connectivity index (χ3n) is 2.36. The van der Waals surface area contributed by atoms with Crippen molar-refractivity contribution < 1.29 is 4.79 Å². The summed E-state index contributed by atoms with van der Waals surface area (Å²) < 4.78 is 0. The van der Waals surface area contributed by atoms with E-state index in [2.05, 4.69) is 15.5 Å². The van der Waals surface area contributed by atoms with Crippen LogP contribution in [0.1, 0.15) is 11.1 Å². The molecule has 5 nitrogen and oxygen atoms in total. The van der Waals surface area contributed by atoms with Gasteiger partial charge in [-0.3, -0.25) is 9.89 Å². The van der Waals surface area contributed by atoms with Crippen LogP contribution in [0.2, 0.25) is 0 Å². The molecule has 2 rings (SSSR count). The lowest BCUT2D eigenvalue weighted by Gasteiger charge is -2.04. The minimum Gasteiger partial charge on any atom is -0.399 e. The van der Waals surface area contributed by atoms with E-state index in [4.69, 9.17) is 5.73 Å². The van der Waals surface area contributed by atoms with Crippen molar-refractivity contribution in [1.82, 2.24) is 15.5 Å². The molecule has 0 unspecified atom stereocenters. The number of anilines is 1. The minimum atomic E-state index is -0.0307. The molecule has 0 aliphatic heterocycles. The Bertz CT molecular complexity index is 493. The number of nitrogens with two attached hydrogens (primary N) is 1. The fourth-order valence-electron chi connectivity index (χ4n) is 1.53. The summed E-state index contributed by atoms with van der Waals surface area (Å²) in [4.78, 5) is 11.6. The molecule has 17 heavy (non-hydrogen) atoms. The average Bonchev–Trinajstić information content (AvgIpc) is 2.79. The molecule has 5 heteroatoms. The number of rotatable bonds is 4.